The molecule has 0 aliphatic rings. The zero-order valence-corrected chi connectivity index (χ0v) is 22.4. The molecule has 0 amide bonds. The van der Waals surface area contributed by atoms with E-state index in [0.29, 0.717) is 6.42 Å². The highest BCUT2D eigenvalue weighted by atomic mass is 31.0. The molecule has 0 aromatic heterocycles. The summed E-state index contributed by atoms with van der Waals surface area (Å²) in [7, 11) is 2.79. The molecule has 2 atom stereocenters. The first-order valence-corrected chi connectivity index (χ1v) is 12.7. The minimum Gasteiger partial charge on any atom is -0.462 e. The summed E-state index contributed by atoms with van der Waals surface area (Å²) < 4.78 is 5.36. The van der Waals surface area contributed by atoms with Gasteiger partial charge in [0.15, 0.2) is 0 Å². The number of aliphatic hydroxyl groups excluding tert-OH is 1. The van der Waals surface area contributed by atoms with Crippen LogP contribution >= 0.6 is 9.24 Å². The van der Waals surface area contributed by atoms with E-state index in [4.69, 9.17) is 9.84 Å². The molecule has 0 fully saturated rings. The molecule has 33 heavy (non-hydrogen) atoms. The number of aliphatic hydroxyl groups is 1. The predicted molar refractivity (Wildman–Crippen MR) is 147 cm³/mol. The van der Waals surface area contributed by atoms with E-state index in [1.807, 2.05) is 13.0 Å². The Labute approximate surface area is 205 Å². The fourth-order valence-corrected chi connectivity index (χ4v) is 3.60. The molecule has 0 aromatic carbocycles. The van der Waals surface area contributed by atoms with Gasteiger partial charge in [-0.05, 0) is 75.8 Å². The number of esters is 1. The Balaban J connectivity index is 5.50. The third kappa shape index (κ3) is 14.0. The second kappa shape index (κ2) is 18.5. The molecule has 0 aliphatic heterocycles. The minimum atomic E-state index is -0.577. The fraction of sp³-hybridized carbons (Fsp3) is 0.483. The summed E-state index contributed by atoms with van der Waals surface area (Å²) in [5, 5.41) is 9.08. The summed E-state index contributed by atoms with van der Waals surface area (Å²) >= 11 is 0. The maximum atomic E-state index is 11.9. The zero-order valence-electron chi connectivity index (χ0n) is 21.3. The van der Waals surface area contributed by atoms with Crippen molar-refractivity contribution in [2.75, 3.05) is 19.4 Å². The molecule has 0 saturated carbocycles. The highest BCUT2D eigenvalue weighted by Gasteiger charge is 2.16. The van der Waals surface area contributed by atoms with Gasteiger partial charge in [0, 0.05) is 5.92 Å². The van der Waals surface area contributed by atoms with E-state index in [1.54, 1.807) is 0 Å². The van der Waals surface area contributed by atoms with Crippen LogP contribution in [0.3, 0.4) is 0 Å². The van der Waals surface area contributed by atoms with Crippen LogP contribution in [0.5, 0.6) is 0 Å². The lowest BCUT2D eigenvalue weighted by molar-refractivity contribution is -0.140. The van der Waals surface area contributed by atoms with Crippen LogP contribution in [0.15, 0.2) is 83.6 Å². The number of allylic oxidation sites excluding steroid dienone is 9. The quantitative estimate of drug-likeness (QED) is 0.0598. The lowest BCUT2D eigenvalue weighted by atomic mass is 9.92. The van der Waals surface area contributed by atoms with Crippen LogP contribution in [0.25, 0.3) is 0 Å². The molecule has 0 bridgehead atoms. The average Bonchev–Trinajstić information content (AvgIpc) is 2.80. The smallest absolute Gasteiger partial charge is 0.335 e. The summed E-state index contributed by atoms with van der Waals surface area (Å²) in [4.78, 5) is 11.9. The molecular formula is C29H45O3P. The Bertz CT molecular complexity index is 781. The Kier molecular flexibility index (Phi) is 17.4. The van der Waals surface area contributed by atoms with Crippen molar-refractivity contribution in [1.29, 1.82) is 0 Å². The number of unbranched alkanes of at least 4 members (excludes halogenated alkanes) is 2. The summed E-state index contributed by atoms with van der Waals surface area (Å²) in [5.41, 5.74) is 5.93. The standard InChI is InChI=1S/C29H45O3P/c1-8-26(24(6)15-14-23(5)13-11-10-12-18-33)16-17-27(9-2)28(19-22(3)4)21-32-29(31)25(7)20-30/h9,14-17,28,30H,2-3,7-8,10-13,18-21,33H2,1,4-6H3/b23-14+,24-15+,26-16+,27-17+. The number of carbonyl (C=O) groups is 1. The maximum Gasteiger partial charge on any atom is 0.335 e. The van der Waals surface area contributed by atoms with Crippen LogP contribution in [-0.2, 0) is 9.53 Å². The SMILES string of the molecule is C=C\C(=C/C=C(CC)/C(C)=C/C=C(\C)CCCCCP)C(COC(=O)C(=C)CO)CC(=C)C. The van der Waals surface area contributed by atoms with Crippen molar-refractivity contribution >= 4 is 15.2 Å². The first-order chi connectivity index (χ1) is 15.7. The molecule has 0 spiro atoms. The first-order valence-electron chi connectivity index (χ1n) is 11.9. The van der Waals surface area contributed by atoms with Gasteiger partial charge in [0.25, 0.3) is 0 Å². The van der Waals surface area contributed by atoms with Crippen molar-refractivity contribution in [2.45, 2.75) is 66.2 Å². The van der Waals surface area contributed by atoms with Crippen molar-refractivity contribution in [1.82, 2.24) is 0 Å². The van der Waals surface area contributed by atoms with E-state index < -0.39 is 12.6 Å². The Morgan fingerprint density at radius 1 is 1.06 bits per heavy atom. The molecule has 4 heteroatoms. The number of rotatable bonds is 17. The third-order valence-corrected chi connectivity index (χ3v) is 5.86. The third-order valence-electron chi connectivity index (χ3n) is 5.45. The second-order valence-corrected chi connectivity index (χ2v) is 9.17. The normalized spacial score (nSPS) is 14.1. The largest absolute Gasteiger partial charge is 0.462 e. The van der Waals surface area contributed by atoms with E-state index in [0.717, 1.165) is 24.0 Å². The minimum absolute atomic E-state index is 0.0508. The van der Waals surface area contributed by atoms with Crippen molar-refractivity contribution in [3.63, 3.8) is 0 Å². The summed E-state index contributed by atoms with van der Waals surface area (Å²) in [6, 6.07) is 0. The van der Waals surface area contributed by atoms with Gasteiger partial charge in [-0.15, -0.1) is 15.8 Å². The van der Waals surface area contributed by atoms with Crippen LogP contribution in [-0.4, -0.2) is 30.5 Å². The Morgan fingerprint density at radius 2 is 1.76 bits per heavy atom. The van der Waals surface area contributed by atoms with E-state index >= 15 is 0 Å². The highest BCUT2D eigenvalue weighted by molar-refractivity contribution is 7.16. The average molecular weight is 473 g/mol. The molecule has 1 N–H and O–H groups in total. The molecule has 184 valence electrons. The number of ether oxygens (including phenoxy) is 1. The topological polar surface area (TPSA) is 46.5 Å². The van der Waals surface area contributed by atoms with E-state index in [9.17, 15) is 4.79 Å². The van der Waals surface area contributed by atoms with Crippen LogP contribution in [0.4, 0.5) is 0 Å². The van der Waals surface area contributed by atoms with Gasteiger partial charge in [-0.1, -0.05) is 68.0 Å². The fourth-order valence-electron chi connectivity index (χ4n) is 3.31. The zero-order chi connectivity index (χ0) is 25.2. The van der Waals surface area contributed by atoms with Crippen LogP contribution < -0.4 is 0 Å². The van der Waals surface area contributed by atoms with Crippen LogP contribution in [0, 0.1) is 5.92 Å². The maximum absolute atomic E-state index is 11.9. The van der Waals surface area contributed by atoms with Crippen LogP contribution in [0.2, 0.25) is 0 Å². The van der Waals surface area contributed by atoms with Gasteiger partial charge < -0.3 is 9.84 Å². The molecule has 2 unspecified atom stereocenters. The van der Waals surface area contributed by atoms with Gasteiger partial charge in [-0.2, -0.15) is 0 Å². The van der Waals surface area contributed by atoms with E-state index in [2.05, 4.69) is 74.1 Å². The molecule has 0 radical (unpaired) electrons. The van der Waals surface area contributed by atoms with E-state index in [-0.39, 0.29) is 18.1 Å². The highest BCUT2D eigenvalue weighted by Crippen LogP contribution is 2.23. The Morgan fingerprint density at radius 3 is 2.30 bits per heavy atom. The molecule has 3 nitrogen and oxygen atoms in total. The summed E-state index contributed by atoms with van der Waals surface area (Å²) in [6.07, 6.45) is 18.2. The predicted octanol–water partition coefficient (Wildman–Crippen LogP) is 7.44. The summed E-state index contributed by atoms with van der Waals surface area (Å²) in [5.74, 6) is -0.635. The monoisotopic (exact) mass is 472 g/mol. The van der Waals surface area contributed by atoms with Crippen LogP contribution in [0.1, 0.15) is 66.2 Å². The van der Waals surface area contributed by atoms with Crippen molar-refractivity contribution in [3.05, 3.63) is 83.6 Å². The van der Waals surface area contributed by atoms with Gasteiger partial charge >= 0.3 is 5.97 Å². The molecule has 0 saturated heterocycles. The van der Waals surface area contributed by atoms with Crippen molar-refractivity contribution < 1.29 is 14.6 Å². The first kappa shape index (κ1) is 31.0. The number of carbonyl (C=O) groups excluding carboxylic acids is 1. The van der Waals surface area contributed by atoms with Gasteiger partial charge in [-0.3, -0.25) is 0 Å². The lowest BCUT2D eigenvalue weighted by Crippen LogP contribution is -2.18. The molecular weight excluding hydrogens is 427 g/mol. The number of hydrogen-bond acceptors (Lipinski definition) is 3. The van der Waals surface area contributed by atoms with Crippen molar-refractivity contribution in [3.8, 4) is 0 Å². The van der Waals surface area contributed by atoms with Gasteiger partial charge in [0.05, 0.1) is 18.8 Å². The summed E-state index contributed by atoms with van der Waals surface area (Å²) in [6.45, 7) is 19.7. The Hall–Kier alpha value is -1.96. The second-order valence-electron chi connectivity index (χ2n) is 8.60. The molecule has 0 heterocycles. The molecule has 0 aliphatic carbocycles. The molecule has 0 rings (SSSR count). The molecule has 0 aromatic rings. The lowest BCUT2D eigenvalue weighted by Gasteiger charge is -2.19. The van der Waals surface area contributed by atoms with E-state index in [1.165, 1.54) is 42.1 Å². The van der Waals surface area contributed by atoms with Gasteiger partial charge in [0.2, 0.25) is 0 Å². The number of hydrogen-bond donors (Lipinski definition) is 1. The van der Waals surface area contributed by atoms with Crippen molar-refractivity contribution in [2.24, 2.45) is 5.92 Å². The van der Waals surface area contributed by atoms with Gasteiger partial charge in [-0.25, -0.2) is 4.79 Å². The van der Waals surface area contributed by atoms with Gasteiger partial charge in [0.1, 0.15) is 0 Å².